The Morgan fingerprint density at radius 1 is 1.56 bits per heavy atom. The second-order valence-corrected chi connectivity index (χ2v) is 4.36. The topological polar surface area (TPSA) is 66.4 Å². The molecule has 1 saturated carbocycles. The maximum Gasteiger partial charge on any atom is 0.326 e. The fraction of sp³-hybridized carbons (Fsp3) is 0.667. The summed E-state index contributed by atoms with van der Waals surface area (Å²) in [6.07, 6.45) is 5.20. The molecule has 0 aliphatic heterocycles. The molecule has 0 aromatic rings. The molecule has 4 heteroatoms. The van der Waals surface area contributed by atoms with Crippen molar-refractivity contribution >= 4 is 11.9 Å². The van der Waals surface area contributed by atoms with E-state index in [-0.39, 0.29) is 11.3 Å². The van der Waals surface area contributed by atoms with Crippen molar-refractivity contribution in [2.24, 2.45) is 5.41 Å². The van der Waals surface area contributed by atoms with E-state index in [9.17, 15) is 9.59 Å². The number of hydrogen-bond acceptors (Lipinski definition) is 2. The van der Waals surface area contributed by atoms with Gasteiger partial charge in [0.15, 0.2) is 0 Å². The van der Waals surface area contributed by atoms with Crippen LogP contribution in [0, 0.1) is 5.41 Å². The van der Waals surface area contributed by atoms with Crippen molar-refractivity contribution in [2.75, 3.05) is 0 Å². The lowest BCUT2D eigenvalue weighted by atomic mass is 10.0. The average Bonchev–Trinajstić information content (AvgIpc) is 3.04. The quantitative estimate of drug-likeness (QED) is 0.648. The van der Waals surface area contributed by atoms with Gasteiger partial charge in [-0.2, -0.15) is 0 Å². The van der Waals surface area contributed by atoms with E-state index >= 15 is 0 Å². The van der Waals surface area contributed by atoms with E-state index in [4.69, 9.17) is 5.11 Å². The van der Waals surface area contributed by atoms with Crippen molar-refractivity contribution in [1.82, 2.24) is 5.32 Å². The molecule has 1 atom stereocenters. The molecule has 0 heterocycles. The normalized spacial score (nSPS) is 18.6. The highest BCUT2D eigenvalue weighted by Gasteiger charge is 2.48. The summed E-state index contributed by atoms with van der Waals surface area (Å²) < 4.78 is 0. The second kappa shape index (κ2) is 5.14. The Morgan fingerprint density at radius 3 is 2.56 bits per heavy atom. The Hall–Kier alpha value is -1.32. The Bertz CT molecular complexity index is 295. The first-order valence-electron chi connectivity index (χ1n) is 5.70. The van der Waals surface area contributed by atoms with Crippen LogP contribution in [0.25, 0.3) is 0 Å². The van der Waals surface area contributed by atoms with E-state index < -0.39 is 12.0 Å². The zero-order chi connectivity index (χ0) is 12.2. The Morgan fingerprint density at radius 2 is 2.19 bits per heavy atom. The lowest BCUT2D eigenvalue weighted by Gasteiger charge is -2.18. The fourth-order valence-corrected chi connectivity index (χ4v) is 1.75. The summed E-state index contributed by atoms with van der Waals surface area (Å²) in [5, 5.41) is 11.6. The van der Waals surface area contributed by atoms with E-state index in [1.807, 2.05) is 6.92 Å². The van der Waals surface area contributed by atoms with E-state index in [0.29, 0.717) is 12.8 Å². The lowest BCUT2D eigenvalue weighted by molar-refractivity contribution is -0.143. The van der Waals surface area contributed by atoms with E-state index in [1.54, 1.807) is 6.08 Å². The molecule has 0 saturated heterocycles. The van der Waals surface area contributed by atoms with E-state index in [2.05, 4.69) is 11.9 Å². The molecule has 0 bridgehead atoms. The largest absolute Gasteiger partial charge is 0.480 e. The summed E-state index contributed by atoms with van der Waals surface area (Å²) in [4.78, 5) is 22.8. The number of carboxylic acids is 1. The standard InChI is InChI=1S/C12H19NO3/c1-3-5-6-9(10(14)15)13-11(16)12(4-2)7-8-12/h3,9H,1,4-8H2,2H3,(H,13,16)(H,14,15). The molecule has 16 heavy (non-hydrogen) atoms. The lowest BCUT2D eigenvalue weighted by Crippen LogP contribution is -2.44. The van der Waals surface area contributed by atoms with Gasteiger partial charge in [-0.15, -0.1) is 6.58 Å². The van der Waals surface area contributed by atoms with Gasteiger partial charge in [0.2, 0.25) is 5.91 Å². The summed E-state index contributed by atoms with van der Waals surface area (Å²) in [7, 11) is 0. The molecule has 1 amide bonds. The van der Waals surface area contributed by atoms with Crippen molar-refractivity contribution in [2.45, 2.75) is 45.1 Å². The zero-order valence-corrected chi connectivity index (χ0v) is 9.66. The minimum absolute atomic E-state index is 0.105. The molecule has 0 aromatic carbocycles. The summed E-state index contributed by atoms with van der Waals surface area (Å²) in [5.74, 6) is -1.08. The number of allylic oxidation sites excluding steroid dienone is 1. The molecule has 1 rings (SSSR count). The van der Waals surface area contributed by atoms with Gasteiger partial charge in [0.25, 0.3) is 0 Å². The molecule has 0 radical (unpaired) electrons. The molecular formula is C12H19NO3. The maximum atomic E-state index is 11.8. The summed E-state index contributed by atoms with van der Waals surface area (Å²) in [6.45, 7) is 5.51. The van der Waals surface area contributed by atoms with Gasteiger partial charge in [0.1, 0.15) is 6.04 Å². The third-order valence-corrected chi connectivity index (χ3v) is 3.27. The molecule has 4 nitrogen and oxygen atoms in total. The van der Waals surface area contributed by atoms with E-state index in [0.717, 1.165) is 19.3 Å². The molecule has 2 N–H and O–H groups in total. The van der Waals surface area contributed by atoms with Crippen LogP contribution in [0.3, 0.4) is 0 Å². The summed E-state index contributed by atoms with van der Waals surface area (Å²) in [6, 6.07) is -0.783. The predicted octanol–water partition coefficient (Wildman–Crippen LogP) is 1.71. The van der Waals surface area contributed by atoms with Crippen LogP contribution in [0.2, 0.25) is 0 Å². The molecule has 0 aromatic heterocycles. The zero-order valence-electron chi connectivity index (χ0n) is 9.66. The van der Waals surface area contributed by atoms with Crippen molar-refractivity contribution in [3.05, 3.63) is 12.7 Å². The number of amides is 1. The van der Waals surface area contributed by atoms with Gasteiger partial charge in [-0.25, -0.2) is 4.79 Å². The van der Waals surface area contributed by atoms with Gasteiger partial charge < -0.3 is 10.4 Å². The molecule has 90 valence electrons. The third kappa shape index (κ3) is 2.84. The number of carbonyl (C=O) groups excluding carboxylic acids is 1. The number of carboxylic acid groups (broad SMARTS) is 1. The first-order valence-corrected chi connectivity index (χ1v) is 5.70. The van der Waals surface area contributed by atoms with Crippen LogP contribution in [0.4, 0.5) is 0 Å². The van der Waals surface area contributed by atoms with Crippen molar-refractivity contribution in [3.8, 4) is 0 Å². The monoisotopic (exact) mass is 225 g/mol. The number of nitrogens with one attached hydrogen (secondary N) is 1. The highest BCUT2D eigenvalue weighted by Crippen LogP contribution is 2.48. The SMILES string of the molecule is C=CCCC(NC(=O)C1(CC)CC1)C(=O)O. The number of hydrogen-bond donors (Lipinski definition) is 2. The van der Waals surface area contributed by atoms with Gasteiger partial charge in [-0.05, 0) is 32.1 Å². The Balaban J connectivity index is 2.51. The number of carbonyl (C=O) groups is 2. The smallest absolute Gasteiger partial charge is 0.326 e. The van der Waals surface area contributed by atoms with Gasteiger partial charge in [0, 0.05) is 5.41 Å². The molecule has 1 unspecified atom stereocenters. The minimum Gasteiger partial charge on any atom is -0.480 e. The van der Waals surface area contributed by atoms with Crippen molar-refractivity contribution < 1.29 is 14.7 Å². The van der Waals surface area contributed by atoms with Crippen LogP contribution in [-0.2, 0) is 9.59 Å². The van der Waals surface area contributed by atoms with Gasteiger partial charge in [-0.1, -0.05) is 13.0 Å². The second-order valence-electron chi connectivity index (χ2n) is 4.36. The highest BCUT2D eigenvalue weighted by molar-refractivity contribution is 5.89. The average molecular weight is 225 g/mol. The third-order valence-electron chi connectivity index (χ3n) is 3.27. The van der Waals surface area contributed by atoms with Gasteiger partial charge >= 0.3 is 5.97 Å². The first kappa shape index (κ1) is 12.7. The highest BCUT2D eigenvalue weighted by atomic mass is 16.4. The van der Waals surface area contributed by atoms with Crippen LogP contribution >= 0.6 is 0 Å². The Labute approximate surface area is 95.7 Å². The minimum atomic E-state index is -0.970. The summed E-state index contributed by atoms with van der Waals surface area (Å²) in [5.41, 5.74) is -0.276. The van der Waals surface area contributed by atoms with Crippen molar-refractivity contribution in [1.29, 1.82) is 0 Å². The fourth-order valence-electron chi connectivity index (χ4n) is 1.75. The predicted molar refractivity (Wildman–Crippen MR) is 61.0 cm³/mol. The molecule has 1 aliphatic rings. The van der Waals surface area contributed by atoms with Gasteiger partial charge in [-0.3, -0.25) is 4.79 Å². The van der Waals surface area contributed by atoms with Crippen LogP contribution < -0.4 is 5.32 Å². The first-order chi connectivity index (χ1) is 7.55. The molecule has 1 aliphatic carbocycles. The van der Waals surface area contributed by atoms with Crippen molar-refractivity contribution in [3.63, 3.8) is 0 Å². The van der Waals surface area contributed by atoms with Gasteiger partial charge in [0.05, 0.1) is 0 Å². The van der Waals surface area contributed by atoms with Crippen LogP contribution in [-0.4, -0.2) is 23.0 Å². The van der Waals surface area contributed by atoms with Crippen LogP contribution in [0.1, 0.15) is 39.0 Å². The molecule has 1 fully saturated rings. The van der Waals surface area contributed by atoms with Crippen LogP contribution in [0.15, 0.2) is 12.7 Å². The van der Waals surface area contributed by atoms with Crippen LogP contribution in [0.5, 0.6) is 0 Å². The van der Waals surface area contributed by atoms with E-state index in [1.165, 1.54) is 0 Å². The molecule has 0 spiro atoms. The number of rotatable bonds is 7. The maximum absolute atomic E-state index is 11.8. The molecular weight excluding hydrogens is 206 g/mol. The number of aliphatic carboxylic acids is 1. The summed E-state index contributed by atoms with van der Waals surface area (Å²) >= 11 is 0. The Kier molecular flexibility index (Phi) is 4.10.